The molecule has 0 amide bonds. The maximum Gasteiger partial charge on any atom is 0.0708 e. The van der Waals surface area contributed by atoms with Gasteiger partial charge >= 0.3 is 0 Å². The summed E-state index contributed by atoms with van der Waals surface area (Å²) in [7, 11) is 0. The zero-order valence-electron chi connectivity index (χ0n) is 22.3. The molecule has 9 rings (SSSR count). The predicted octanol–water partition coefficient (Wildman–Crippen LogP) is 10.3. The van der Waals surface area contributed by atoms with Crippen molar-refractivity contribution < 1.29 is 0 Å². The number of benzene rings is 6. The van der Waals surface area contributed by atoms with Crippen LogP contribution in [0.25, 0.3) is 82.9 Å². The molecule has 2 nitrogen and oxygen atoms in total. The highest BCUT2D eigenvalue weighted by atomic mass is 15.0. The van der Waals surface area contributed by atoms with Crippen molar-refractivity contribution in [1.29, 1.82) is 0 Å². The molecule has 0 bridgehead atoms. The molecule has 190 valence electrons. The van der Waals surface area contributed by atoms with E-state index in [4.69, 9.17) is 4.98 Å². The predicted molar refractivity (Wildman–Crippen MR) is 171 cm³/mol. The lowest BCUT2D eigenvalue weighted by molar-refractivity contribution is 1.18. The summed E-state index contributed by atoms with van der Waals surface area (Å²) in [5.41, 5.74) is 14.5. The molecule has 0 aliphatic heterocycles. The minimum atomic E-state index is 1.01. The van der Waals surface area contributed by atoms with Gasteiger partial charge in [-0.1, -0.05) is 97.1 Å². The first kappa shape index (κ1) is 22.4. The Bertz CT molecular complexity index is 2270. The van der Waals surface area contributed by atoms with Gasteiger partial charge in [-0.15, -0.1) is 0 Å². The van der Waals surface area contributed by atoms with Crippen LogP contribution in [0.5, 0.6) is 0 Å². The van der Waals surface area contributed by atoms with Gasteiger partial charge in [-0.25, -0.2) is 0 Å². The van der Waals surface area contributed by atoms with Crippen LogP contribution in [0.1, 0.15) is 0 Å². The van der Waals surface area contributed by atoms with Gasteiger partial charge in [0.25, 0.3) is 0 Å². The lowest BCUT2D eigenvalue weighted by atomic mass is 9.80. The lowest BCUT2D eigenvalue weighted by Gasteiger charge is -2.24. The summed E-state index contributed by atoms with van der Waals surface area (Å²) >= 11 is 0. The van der Waals surface area contributed by atoms with E-state index >= 15 is 0 Å². The number of fused-ring (bicyclic) bond motifs is 12. The van der Waals surface area contributed by atoms with Crippen LogP contribution in [0.4, 0.5) is 0 Å². The van der Waals surface area contributed by atoms with Crippen molar-refractivity contribution in [1.82, 2.24) is 9.55 Å². The van der Waals surface area contributed by atoms with Gasteiger partial charge in [0.2, 0.25) is 0 Å². The van der Waals surface area contributed by atoms with Crippen molar-refractivity contribution in [3.8, 4) is 50.2 Å². The van der Waals surface area contributed by atoms with Gasteiger partial charge in [-0.3, -0.25) is 4.98 Å². The summed E-state index contributed by atoms with van der Waals surface area (Å²) in [6, 6.07) is 50.8. The number of para-hydroxylation sites is 2. The molecular formula is C39H24N2. The monoisotopic (exact) mass is 520 g/mol. The van der Waals surface area contributed by atoms with Crippen LogP contribution in [0.3, 0.4) is 0 Å². The molecule has 6 aromatic carbocycles. The average molecular weight is 521 g/mol. The smallest absolute Gasteiger partial charge is 0.0708 e. The number of rotatable bonds is 1. The van der Waals surface area contributed by atoms with Crippen molar-refractivity contribution in [2.45, 2.75) is 0 Å². The van der Waals surface area contributed by atoms with E-state index in [0.717, 1.165) is 16.6 Å². The van der Waals surface area contributed by atoms with Crippen molar-refractivity contribution in [2.75, 3.05) is 0 Å². The van der Waals surface area contributed by atoms with Crippen LogP contribution in [0.15, 0.2) is 146 Å². The maximum atomic E-state index is 4.72. The number of nitrogens with zero attached hydrogens (tertiary/aromatic N) is 2. The Morgan fingerprint density at radius 2 is 0.902 bits per heavy atom. The number of hydrogen-bond donors (Lipinski definition) is 0. The molecule has 8 aromatic rings. The summed E-state index contributed by atoms with van der Waals surface area (Å²) < 4.78 is 2.41. The second kappa shape index (κ2) is 8.51. The van der Waals surface area contributed by atoms with Crippen LogP contribution in [0.2, 0.25) is 0 Å². The molecule has 1 aliphatic carbocycles. The molecule has 1 aliphatic rings. The van der Waals surface area contributed by atoms with Crippen LogP contribution in [-0.4, -0.2) is 9.55 Å². The van der Waals surface area contributed by atoms with Crippen molar-refractivity contribution in [3.05, 3.63) is 146 Å². The third-order valence-corrected chi connectivity index (χ3v) is 8.60. The zero-order chi connectivity index (χ0) is 26.9. The first-order valence-corrected chi connectivity index (χ1v) is 14.1. The topological polar surface area (TPSA) is 17.8 Å². The van der Waals surface area contributed by atoms with E-state index in [0.29, 0.717) is 0 Å². The molecular weight excluding hydrogens is 496 g/mol. The van der Waals surface area contributed by atoms with Crippen molar-refractivity contribution >= 4 is 32.7 Å². The van der Waals surface area contributed by atoms with E-state index in [9.17, 15) is 0 Å². The molecule has 0 saturated carbocycles. The highest BCUT2D eigenvalue weighted by molar-refractivity contribution is 6.10. The average Bonchev–Trinajstić information content (AvgIpc) is 3.38. The van der Waals surface area contributed by atoms with Gasteiger partial charge < -0.3 is 4.57 Å². The van der Waals surface area contributed by atoms with Gasteiger partial charge in [-0.05, 0) is 87.0 Å². The van der Waals surface area contributed by atoms with E-state index in [2.05, 4.69) is 138 Å². The first-order chi connectivity index (χ1) is 20.3. The summed E-state index contributed by atoms with van der Waals surface area (Å²) in [6.07, 6.45) is 1.88. The number of hydrogen-bond acceptors (Lipinski definition) is 1. The second-order valence-electron chi connectivity index (χ2n) is 10.8. The number of aromatic nitrogens is 2. The molecule has 0 spiro atoms. The second-order valence-corrected chi connectivity index (χ2v) is 10.8. The lowest BCUT2D eigenvalue weighted by Crippen LogP contribution is -2.00. The van der Waals surface area contributed by atoms with Crippen molar-refractivity contribution in [3.63, 3.8) is 0 Å². The van der Waals surface area contributed by atoms with Crippen LogP contribution in [-0.2, 0) is 0 Å². The van der Waals surface area contributed by atoms with Gasteiger partial charge in [0, 0.05) is 28.0 Å². The van der Waals surface area contributed by atoms with Crippen LogP contribution < -0.4 is 0 Å². The Hall–Kier alpha value is -5.47. The highest BCUT2D eigenvalue weighted by Crippen LogP contribution is 2.49. The molecule has 0 fully saturated rings. The summed E-state index contributed by atoms with van der Waals surface area (Å²) in [5, 5.41) is 3.69. The largest absolute Gasteiger partial charge is 0.309 e. The minimum absolute atomic E-state index is 1.01. The minimum Gasteiger partial charge on any atom is -0.309 e. The van der Waals surface area contributed by atoms with Crippen molar-refractivity contribution in [2.24, 2.45) is 0 Å². The Kier molecular flexibility index (Phi) is 4.64. The van der Waals surface area contributed by atoms with Crippen LogP contribution in [0, 0.1) is 0 Å². The zero-order valence-corrected chi connectivity index (χ0v) is 22.3. The fourth-order valence-corrected chi connectivity index (χ4v) is 6.80. The van der Waals surface area contributed by atoms with E-state index in [1.165, 1.54) is 66.3 Å². The molecule has 41 heavy (non-hydrogen) atoms. The Labute approximate surface area is 237 Å². The molecule has 2 aromatic heterocycles. The van der Waals surface area contributed by atoms with E-state index < -0.39 is 0 Å². The molecule has 0 radical (unpaired) electrons. The third kappa shape index (κ3) is 3.22. The quantitative estimate of drug-likeness (QED) is 0.210. The fourth-order valence-electron chi connectivity index (χ4n) is 6.80. The van der Waals surface area contributed by atoms with Gasteiger partial charge in [0.1, 0.15) is 0 Å². The van der Waals surface area contributed by atoms with Gasteiger partial charge in [0.15, 0.2) is 0 Å². The Morgan fingerprint density at radius 1 is 0.390 bits per heavy atom. The normalized spacial score (nSPS) is 11.9. The third-order valence-electron chi connectivity index (χ3n) is 8.60. The standard InChI is InChI=1S/C39H24N2/c1-3-13-29-27(11-1)28-12-2-4-14-30(28)36-24-37-25(10-9-21-40-37)22-34(36)31-20-19-26(23-35(29)31)41-38-17-7-5-15-32(38)33-16-6-8-18-39(33)41/h1-24H. The van der Waals surface area contributed by atoms with Gasteiger partial charge in [-0.2, -0.15) is 0 Å². The number of pyridine rings is 1. The van der Waals surface area contributed by atoms with Gasteiger partial charge in [0.05, 0.1) is 16.6 Å². The SMILES string of the molecule is c1ccc2c(c1)-c1ccccc1-c1cc3ncccc3cc1-c1ccc(-n3c4ccccc4c4ccccc43)cc1-2. The summed E-state index contributed by atoms with van der Waals surface area (Å²) in [4.78, 5) is 4.72. The Morgan fingerprint density at radius 3 is 1.56 bits per heavy atom. The maximum absolute atomic E-state index is 4.72. The van der Waals surface area contributed by atoms with Crippen LogP contribution >= 0.6 is 0 Å². The molecule has 2 heteroatoms. The summed E-state index contributed by atoms with van der Waals surface area (Å²) in [6.45, 7) is 0. The summed E-state index contributed by atoms with van der Waals surface area (Å²) in [5.74, 6) is 0. The van der Waals surface area contributed by atoms with E-state index in [-0.39, 0.29) is 0 Å². The molecule has 0 N–H and O–H groups in total. The molecule has 2 heterocycles. The Balaban J connectivity index is 1.42. The first-order valence-electron chi connectivity index (χ1n) is 14.1. The van der Waals surface area contributed by atoms with E-state index in [1.54, 1.807) is 0 Å². The van der Waals surface area contributed by atoms with E-state index in [1.807, 2.05) is 12.3 Å². The molecule has 0 unspecified atom stereocenters. The highest BCUT2D eigenvalue weighted by Gasteiger charge is 2.23. The fraction of sp³-hybridized carbons (Fsp3) is 0. The molecule has 0 saturated heterocycles. The molecule has 0 atom stereocenters.